The molecule has 0 bridgehead atoms. The third kappa shape index (κ3) is 3.49. The highest BCUT2D eigenvalue weighted by atomic mass is 32.2. The topological polar surface area (TPSA) is 26.0 Å². The second-order valence-corrected chi connectivity index (χ2v) is 3.77. The number of anilines is 1. The van der Waals surface area contributed by atoms with Gasteiger partial charge in [-0.15, -0.1) is 0 Å². The lowest BCUT2D eigenvalue weighted by molar-refractivity contribution is 0.485. The van der Waals surface area contributed by atoms with E-state index in [1.807, 2.05) is 0 Å². The largest absolute Gasteiger partial charge is 0.488 e. The summed E-state index contributed by atoms with van der Waals surface area (Å²) in [5.74, 6) is -0.552. The molecule has 0 aliphatic heterocycles. The minimum atomic E-state index is -4.84. The molecule has 0 fully saturated rings. The summed E-state index contributed by atoms with van der Waals surface area (Å²) in [6.07, 6.45) is 0. The van der Waals surface area contributed by atoms with E-state index in [-0.39, 0.29) is 10.6 Å². The van der Waals surface area contributed by atoms with Gasteiger partial charge in [0.2, 0.25) is 0 Å². The standard InChI is InChI=1S/C7H7BF4NS/c9-5-1-2-7(6(13)3-5)14-4-8(10,11)12/h1-3H,4,13H2/q-1. The Morgan fingerprint density at radius 2 is 1.93 bits per heavy atom. The molecule has 0 unspecified atom stereocenters. The van der Waals surface area contributed by atoms with Crippen molar-refractivity contribution in [2.75, 3.05) is 11.4 Å². The number of nitrogens with two attached hydrogens (primary N) is 1. The van der Waals surface area contributed by atoms with Gasteiger partial charge in [-0.2, -0.15) is 11.8 Å². The van der Waals surface area contributed by atoms with Crippen LogP contribution in [0.25, 0.3) is 0 Å². The first-order valence-corrected chi connectivity index (χ1v) is 4.76. The Hall–Kier alpha value is -0.845. The van der Waals surface area contributed by atoms with E-state index in [0.717, 1.165) is 12.1 Å². The van der Waals surface area contributed by atoms with E-state index < -0.39 is 18.4 Å². The molecular weight excluding hydrogens is 217 g/mol. The molecule has 0 heterocycles. The van der Waals surface area contributed by atoms with Gasteiger partial charge in [-0.1, -0.05) is 0 Å². The molecule has 0 aliphatic carbocycles. The number of hydrogen-bond acceptors (Lipinski definition) is 2. The Morgan fingerprint density at radius 1 is 1.29 bits per heavy atom. The van der Waals surface area contributed by atoms with Crippen LogP contribution in [0.15, 0.2) is 23.1 Å². The molecule has 7 heteroatoms. The SMILES string of the molecule is Nc1cc(F)ccc1SC[B-](F)(F)F. The van der Waals surface area contributed by atoms with E-state index in [0.29, 0.717) is 11.8 Å². The summed E-state index contributed by atoms with van der Waals surface area (Å²) in [5, 5.41) is 0. The zero-order chi connectivity index (χ0) is 10.8. The molecule has 2 N–H and O–H groups in total. The minimum Gasteiger partial charge on any atom is -0.448 e. The van der Waals surface area contributed by atoms with E-state index in [4.69, 9.17) is 5.73 Å². The molecule has 0 saturated heterocycles. The number of benzene rings is 1. The molecule has 0 aliphatic rings. The minimum absolute atomic E-state index is 0.0371. The lowest BCUT2D eigenvalue weighted by atomic mass is 9.98. The van der Waals surface area contributed by atoms with Crippen molar-refractivity contribution in [3.8, 4) is 0 Å². The lowest BCUT2D eigenvalue weighted by Gasteiger charge is -2.13. The number of rotatable bonds is 3. The Kier molecular flexibility index (Phi) is 3.31. The van der Waals surface area contributed by atoms with Crippen molar-refractivity contribution in [3.63, 3.8) is 0 Å². The fourth-order valence-electron chi connectivity index (χ4n) is 0.835. The monoisotopic (exact) mass is 224 g/mol. The fraction of sp³-hybridized carbons (Fsp3) is 0.143. The van der Waals surface area contributed by atoms with E-state index >= 15 is 0 Å². The quantitative estimate of drug-likeness (QED) is 0.369. The van der Waals surface area contributed by atoms with Crippen molar-refractivity contribution in [3.05, 3.63) is 24.0 Å². The van der Waals surface area contributed by atoms with Gasteiger partial charge in [-0.3, -0.25) is 0 Å². The molecule has 0 atom stereocenters. The highest BCUT2D eigenvalue weighted by molar-refractivity contribution is 8.00. The van der Waals surface area contributed by atoms with E-state index in [9.17, 15) is 17.3 Å². The predicted octanol–water partition coefficient (Wildman–Crippen LogP) is 2.89. The number of hydrogen-bond donors (Lipinski definition) is 1. The van der Waals surface area contributed by atoms with Crippen LogP contribution in [0.4, 0.5) is 23.0 Å². The first kappa shape index (κ1) is 11.2. The summed E-state index contributed by atoms with van der Waals surface area (Å²) < 4.78 is 48.2. The third-order valence-corrected chi connectivity index (χ3v) is 2.63. The van der Waals surface area contributed by atoms with Crippen molar-refractivity contribution in [2.45, 2.75) is 4.90 Å². The summed E-state index contributed by atoms with van der Waals surface area (Å²) in [6.45, 7) is -4.84. The maximum absolute atomic E-state index is 12.5. The predicted molar refractivity (Wildman–Crippen MR) is 50.6 cm³/mol. The van der Waals surface area contributed by atoms with Gasteiger partial charge >= 0.3 is 6.98 Å². The van der Waals surface area contributed by atoms with Gasteiger partial charge in [-0.25, -0.2) is 4.39 Å². The zero-order valence-corrected chi connectivity index (χ0v) is 7.83. The van der Waals surface area contributed by atoms with Gasteiger partial charge in [0.1, 0.15) is 5.82 Å². The summed E-state index contributed by atoms with van der Waals surface area (Å²) in [5.41, 5.74) is 4.40. The van der Waals surface area contributed by atoms with Gasteiger partial charge in [0.25, 0.3) is 0 Å². The average Bonchev–Trinajstić information content (AvgIpc) is 2.00. The van der Waals surface area contributed by atoms with Crippen LogP contribution in [0.3, 0.4) is 0 Å². The average molecular weight is 224 g/mol. The normalized spacial score (nSPS) is 11.7. The lowest BCUT2D eigenvalue weighted by Crippen LogP contribution is -2.19. The third-order valence-electron chi connectivity index (χ3n) is 1.40. The van der Waals surface area contributed by atoms with Crippen LogP contribution in [-0.4, -0.2) is 12.6 Å². The van der Waals surface area contributed by atoms with Crippen LogP contribution in [-0.2, 0) is 0 Å². The Bertz CT molecular complexity index is 328. The summed E-state index contributed by atoms with van der Waals surface area (Å²) >= 11 is 0.574. The van der Waals surface area contributed by atoms with Crippen molar-refractivity contribution >= 4 is 24.4 Å². The smallest absolute Gasteiger partial charge is 0.448 e. The Balaban J connectivity index is 2.68. The van der Waals surface area contributed by atoms with Crippen molar-refractivity contribution in [1.29, 1.82) is 0 Å². The van der Waals surface area contributed by atoms with Gasteiger partial charge in [0.15, 0.2) is 0 Å². The maximum Gasteiger partial charge on any atom is 0.488 e. The Morgan fingerprint density at radius 3 is 2.43 bits per heavy atom. The van der Waals surface area contributed by atoms with Crippen LogP contribution >= 0.6 is 11.8 Å². The molecule has 1 nitrogen and oxygen atoms in total. The molecule has 0 amide bonds. The number of halogens is 4. The first-order chi connectivity index (χ1) is 6.38. The summed E-state index contributed by atoms with van der Waals surface area (Å²) in [7, 11) is 0. The molecular formula is C7H7BF4NS-. The second kappa shape index (κ2) is 4.12. The van der Waals surface area contributed by atoms with Gasteiger partial charge in [-0.05, 0) is 23.9 Å². The second-order valence-electron chi connectivity index (χ2n) is 2.70. The van der Waals surface area contributed by atoms with Gasteiger partial charge in [0.05, 0.1) is 0 Å². The van der Waals surface area contributed by atoms with Crippen molar-refractivity contribution < 1.29 is 17.3 Å². The van der Waals surface area contributed by atoms with Crippen LogP contribution in [0.2, 0.25) is 0 Å². The van der Waals surface area contributed by atoms with E-state index in [1.54, 1.807) is 0 Å². The van der Waals surface area contributed by atoms with Gasteiger partial charge in [0, 0.05) is 10.6 Å². The van der Waals surface area contributed by atoms with Crippen LogP contribution in [0.1, 0.15) is 0 Å². The van der Waals surface area contributed by atoms with Crippen molar-refractivity contribution in [2.24, 2.45) is 0 Å². The molecule has 0 radical (unpaired) electrons. The molecule has 1 aromatic carbocycles. The zero-order valence-electron chi connectivity index (χ0n) is 7.01. The highest BCUT2D eigenvalue weighted by Crippen LogP contribution is 2.28. The number of nitrogen functional groups attached to an aromatic ring is 1. The summed E-state index contributed by atoms with van der Waals surface area (Å²) in [4.78, 5) is 0.255. The molecule has 1 aromatic rings. The molecule has 14 heavy (non-hydrogen) atoms. The first-order valence-electron chi connectivity index (χ1n) is 3.77. The van der Waals surface area contributed by atoms with Gasteiger partial charge < -0.3 is 18.7 Å². The van der Waals surface area contributed by atoms with Crippen LogP contribution in [0, 0.1) is 5.82 Å². The van der Waals surface area contributed by atoms with Crippen LogP contribution < -0.4 is 5.73 Å². The molecule has 78 valence electrons. The van der Waals surface area contributed by atoms with E-state index in [2.05, 4.69) is 0 Å². The van der Waals surface area contributed by atoms with E-state index in [1.165, 1.54) is 6.07 Å². The molecule has 0 spiro atoms. The molecule has 1 rings (SSSR count). The fourth-order valence-corrected chi connectivity index (χ4v) is 1.59. The molecule has 0 saturated carbocycles. The maximum atomic E-state index is 12.5. The van der Waals surface area contributed by atoms with Crippen molar-refractivity contribution in [1.82, 2.24) is 0 Å². The number of thioether (sulfide) groups is 1. The Labute approximate surface area is 82.7 Å². The van der Waals surface area contributed by atoms with Crippen LogP contribution in [0.5, 0.6) is 0 Å². The summed E-state index contributed by atoms with van der Waals surface area (Å²) in [6, 6.07) is 3.34. The molecule has 0 aromatic heterocycles. The highest BCUT2D eigenvalue weighted by Gasteiger charge is 2.23.